The largest absolute Gasteiger partial charge is 0.390 e. The van der Waals surface area contributed by atoms with Gasteiger partial charge in [-0.25, -0.2) is 4.39 Å². The van der Waals surface area contributed by atoms with E-state index in [1.54, 1.807) is 0 Å². The lowest BCUT2D eigenvalue weighted by Gasteiger charge is -2.33. The van der Waals surface area contributed by atoms with Gasteiger partial charge in [0, 0.05) is 19.0 Å². The molecule has 1 unspecified atom stereocenters. The Labute approximate surface area is 77.4 Å². The summed E-state index contributed by atoms with van der Waals surface area (Å²) >= 11 is 0. The number of β-amino-alcohol motifs (C(OH)–C–C–N with tert-alkyl or cyclic N) is 1. The fraction of sp³-hybridized carbons (Fsp3) is 1.00. The van der Waals surface area contributed by atoms with Gasteiger partial charge in [0.2, 0.25) is 0 Å². The first-order valence-corrected chi connectivity index (χ1v) is 3.84. The predicted octanol–water partition coefficient (Wildman–Crippen LogP) is -0.293. The van der Waals surface area contributed by atoms with Crippen LogP contribution in [0.2, 0.25) is 0 Å². The summed E-state index contributed by atoms with van der Waals surface area (Å²) in [4.78, 5) is 0. The number of halogens is 2. The average Bonchev–Trinajstić information content (AvgIpc) is 1.94. The van der Waals surface area contributed by atoms with Crippen molar-refractivity contribution in [1.29, 1.82) is 0 Å². The molecular formula is C7H15ClFNO2. The lowest BCUT2D eigenvalue weighted by molar-refractivity contribution is -0.0543. The van der Waals surface area contributed by atoms with Crippen LogP contribution in [0.25, 0.3) is 0 Å². The van der Waals surface area contributed by atoms with Crippen molar-refractivity contribution in [2.45, 2.75) is 25.3 Å². The van der Waals surface area contributed by atoms with Crippen LogP contribution in [-0.2, 0) is 0 Å². The van der Waals surface area contributed by atoms with Crippen LogP contribution in [0.1, 0.15) is 6.92 Å². The summed E-state index contributed by atoms with van der Waals surface area (Å²) in [5, 5.41) is 21.2. The molecule has 1 heterocycles. The first-order valence-electron chi connectivity index (χ1n) is 3.84. The van der Waals surface area contributed by atoms with Crippen LogP contribution in [0.3, 0.4) is 0 Å². The van der Waals surface area contributed by atoms with Gasteiger partial charge in [-0.3, -0.25) is 0 Å². The normalized spacial score (nSPS) is 38.5. The maximum atomic E-state index is 12.7. The van der Waals surface area contributed by atoms with E-state index < -0.39 is 24.3 Å². The highest BCUT2D eigenvalue weighted by atomic mass is 35.5. The monoisotopic (exact) mass is 199 g/mol. The third kappa shape index (κ3) is 2.55. The second kappa shape index (κ2) is 4.97. The van der Waals surface area contributed by atoms with Crippen LogP contribution < -0.4 is 5.32 Å². The highest BCUT2D eigenvalue weighted by molar-refractivity contribution is 5.85. The van der Waals surface area contributed by atoms with Crippen molar-refractivity contribution in [3.05, 3.63) is 0 Å². The Bertz CT molecular complexity index is 137. The minimum Gasteiger partial charge on any atom is -0.390 e. The molecule has 0 aromatic heterocycles. The number of alkyl halides is 1. The van der Waals surface area contributed by atoms with Crippen molar-refractivity contribution >= 4 is 12.4 Å². The smallest absolute Gasteiger partial charge is 0.104 e. The first-order chi connectivity index (χ1) is 5.13. The Morgan fingerprint density at radius 3 is 2.42 bits per heavy atom. The van der Waals surface area contributed by atoms with E-state index in [2.05, 4.69) is 5.32 Å². The zero-order valence-corrected chi connectivity index (χ0v) is 7.72. The number of piperidine rings is 1. The van der Waals surface area contributed by atoms with Crippen LogP contribution in [0.15, 0.2) is 0 Å². The van der Waals surface area contributed by atoms with Crippen molar-refractivity contribution in [1.82, 2.24) is 5.32 Å². The summed E-state index contributed by atoms with van der Waals surface area (Å²) < 4.78 is 12.7. The van der Waals surface area contributed by atoms with Crippen LogP contribution in [0.4, 0.5) is 4.39 Å². The molecule has 1 fully saturated rings. The highest BCUT2D eigenvalue weighted by Gasteiger charge is 2.33. The van der Waals surface area contributed by atoms with Crippen LogP contribution in [0.5, 0.6) is 0 Å². The molecule has 0 amide bonds. The van der Waals surface area contributed by atoms with E-state index in [1.165, 1.54) is 6.92 Å². The lowest BCUT2D eigenvalue weighted by Crippen LogP contribution is -2.52. The van der Waals surface area contributed by atoms with E-state index in [0.717, 1.165) is 0 Å². The van der Waals surface area contributed by atoms with E-state index in [9.17, 15) is 9.50 Å². The molecular weight excluding hydrogens is 185 g/mol. The van der Waals surface area contributed by atoms with Gasteiger partial charge in [0.05, 0.1) is 12.2 Å². The second-order valence-corrected chi connectivity index (χ2v) is 3.06. The summed E-state index contributed by atoms with van der Waals surface area (Å²) in [6.07, 6.45) is -2.82. The van der Waals surface area contributed by atoms with Gasteiger partial charge in [-0.15, -0.1) is 12.4 Å². The maximum Gasteiger partial charge on any atom is 0.104 e. The molecule has 1 rings (SSSR count). The zero-order chi connectivity index (χ0) is 8.43. The number of hydrogen-bond donors (Lipinski definition) is 3. The van der Waals surface area contributed by atoms with Crippen LogP contribution >= 0.6 is 12.4 Å². The van der Waals surface area contributed by atoms with Gasteiger partial charge < -0.3 is 15.5 Å². The van der Waals surface area contributed by atoms with E-state index >= 15 is 0 Å². The standard InChI is InChI=1S/C7H14FNO2.ClH/c1-4(8)5-2-9-3-6(10)7(5)11;/h4-7,9-11H,2-3H2,1H3;1H/t4?,5-,6-,7-;/m1./s1. The summed E-state index contributed by atoms with van der Waals surface area (Å²) in [6.45, 7) is 2.19. The molecule has 1 aliphatic rings. The molecule has 0 spiro atoms. The minimum atomic E-state index is -1.08. The van der Waals surface area contributed by atoms with E-state index in [1.807, 2.05) is 0 Å². The third-order valence-corrected chi connectivity index (χ3v) is 2.16. The molecule has 4 atom stereocenters. The van der Waals surface area contributed by atoms with Crippen molar-refractivity contribution in [2.24, 2.45) is 5.92 Å². The average molecular weight is 200 g/mol. The number of rotatable bonds is 1. The lowest BCUT2D eigenvalue weighted by atomic mass is 9.91. The van der Waals surface area contributed by atoms with Gasteiger partial charge >= 0.3 is 0 Å². The molecule has 0 aromatic carbocycles. The van der Waals surface area contributed by atoms with Gasteiger partial charge in [0.1, 0.15) is 6.17 Å². The fourth-order valence-electron chi connectivity index (χ4n) is 1.36. The number of aliphatic hydroxyl groups excluding tert-OH is 2. The highest BCUT2D eigenvalue weighted by Crippen LogP contribution is 2.17. The van der Waals surface area contributed by atoms with E-state index in [4.69, 9.17) is 5.11 Å². The molecule has 0 bridgehead atoms. The third-order valence-electron chi connectivity index (χ3n) is 2.16. The molecule has 0 radical (unpaired) electrons. The molecule has 1 saturated heterocycles. The Morgan fingerprint density at radius 2 is 2.00 bits per heavy atom. The topological polar surface area (TPSA) is 52.5 Å². The number of hydrogen-bond acceptors (Lipinski definition) is 3. The molecule has 74 valence electrons. The Hall–Kier alpha value is 0.1000. The maximum absolute atomic E-state index is 12.7. The van der Waals surface area contributed by atoms with E-state index in [-0.39, 0.29) is 12.4 Å². The quantitative estimate of drug-likeness (QED) is 0.544. The fourth-order valence-corrected chi connectivity index (χ4v) is 1.36. The van der Waals surface area contributed by atoms with Gasteiger partial charge in [-0.1, -0.05) is 0 Å². The minimum absolute atomic E-state index is 0. The van der Waals surface area contributed by atoms with Crippen molar-refractivity contribution in [3.63, 3.8) is 0 Å². The van der Waals surface area contributed by atoms with Crippen LogP contribution in [-0.4, -0.2) is 41.7 Å². The predicted molar refractivity (Wildman–Crippen MR) is 46.2 cm³/mol. The molecule has 5 heteroatoms. The Morgan fingerprint density at radius 1 is 1.42 bits per heavy atom. The molecule has 0 saturated carbocycles. The summed E-state index contributed by atoms with van der Waals surface area (Å²) in [5.41, 5.74) is 0. The Kier molecular flexibility index (Phi) is 5.01. The molecule has 0 aromatic rings. The van der Waals surface area contributed by atoms with Crippen LogP contribution in [0, 0.1) is 5.92 Å². The zero-order valence-electron chi connectivity index (χ0n) is 6.90. The molecule has 3 nitrogen and oxygen atoms in total. The second-order valence-electron chi connectivity index (χ2n) is 3.06. The van der Waals surface area contributed by atoms with Crippen molar-refractivity contribution in [2.75, 3.05) is 13.1 Å². The summed E-state index contributed by atoms with van der Waals surface area (Å²) in [5.74, 6) is -0.473. The van der Waals surface area contributed by atoms with Gasteiger partial charge in [0.25, 0.3) is 0 Å². The van der Waals surface area contributed by atoms with Gasteiger partial charge in [-0.2, -0.15) is 0 Å². The molecule has 3 N–H and O–H groups in total. The number of aliphatic hydroxyl groups is 2. The Balaban J connectivity index is 0.00000121. The van der Waals surface area contributed by atoms with Crippen molar-refractivity contribution < 1.29 is 14.6 Å². The first kappa shape index (κ1) is 12.1. The van der Waals surface area contributed by atoms with Crippen molar-refractivity contribution in [3.8, 4) is 0 Å². The SMILES string of the molecule is CC(F)[C@H]1CNC[C@@H](O)[C@@H]1O.Cl. The molecule has 12 heavy (non-hydrogen) atoms. The van der Waals surface area contributed by atoms with E-state index in [0.29, 0.717) is 13.1 Å². The summed E-state index contributed by atoms with van der Waals surface area (Å²) in [6, 6.07) is 0. The molecule has 0 aliphatic carbocycles. The number of nitrogens with one attached hydrogen (secondary N) is 1. The van der Waals surface area contributed by atoms with Gasteiger partial charge in [-0.05, 0) is 6.92 Å². The van der Waals surface area contributed by atoms with Gasteiger partial charge in [0.15, 0.2) is 0 Å². The molecule has 1 aliphatic heterocycles. The summed E-state index contributed by atoms with van der Waals surface area (Å²) in [7, 11) is 0.